The number of aromatic nitrogens is 2. The molecule has 1 aromatic rings. The van der Waals surface area contributed by atoms with Gasteiger partial charge < -0.3 is 14.6 Å². The first-order valence-electron chi connectivity index (χ1n) is 11.0. The Labute approximate surface area is 168 Å². The Balaban J connectivity index is 1.28. The highest BCUT2D eigenvalue weighted by molar-refractivity contribution is 5.67. The molecule has 4 fully saturated rings. The molecule has 0 radical (unpaired) electrons. The van der Waals surface area contributed by atoms with Crippen LogP contribution in [0.5, 0.6) is 0 Å². The second-order valence-electron chi connectivity index (χ2n) is 10.6. The molecule has 4 saturated carbocycles. The Morgan fingerprint density at radius 1 is 1.21 bits per heavy atom. The normalized spacial score (nSPS) is 32.4. The van der Waals surface area contributed by atoms with Crippen LogP contribution in [0.4, 0.5) is 4.79 Å². The van der Waals surface area contributed by atoms with Crippen LogP contribution >= 0.6 is 0 Å². The van der Waals surface area contributed by atoms with Gasteiger partial charge in [0.2, 0.25) is 5.89 Å². The topological polar surface area (TPSA) is 77.2 Å². The number of nitrogens with zero attached hydrogens (tertiary/aromatic N) is 2. The Kier molecular flexibility index (Phi) is 5.17. The van der Waals surface area contributed by atoms with Crippen LogP contribution in [0.25, 0.3) is 0 Å². The molecule has 5 rings (SSSR count). The third kappa shape index (κ3) is 4.20. The van der Waals surface area contributed by atoms with E-state index in [-0.39, 0.29) is 17.4 Å². The molecule has 4 aliphatic carbocycles. The van der Waals surface area contributed by atoms with E-state index >= 15 is 0 Å². The zero-order valence-corrected chi connectivity index (χ0v) is 17.8. The largest absolute Gasteiger partial charge is 0.444 e. The zero-order chi connectivity index (χ0) is 19.9. The van der Waals surface area contributed by atoms with Crippen LogP contribution in [0.2, 0.25) is 0 Å². The van der Waals surface area contributed by atoms with Crippen molar-refractivity contribution in [2.75, 3.05) is 6.54 Å². The molecule has 0 aliphatic heterocycles. The van der Waals surface area contributed by atoms with Crippen molar-refractivity contribution in [1.29, 1.82) is 0 Å². The van der Waals surface area contributed by atoms with Gasteiger partial charge in [0.1, 0.15) is 5.60 Å². The first-order chi connectivity index (χ1) is 13.2. The molecule has 1 N–H and O–H groups in total. The predicted molar refractivity (Wildman–Crippen MR) is 106 cm³/mol. The molecule has 4 bridgehead atoms. The third-order valence-electron chi connectivity index (χ3n) is 6.86. The summed E-state index contributed by atoms with van der Waals surface area (Å²) < 4.78 is 10.9. The summed E-state index contributed by atoms with van der Waals surface area (Å²) in [5.41, 5.74) is -0.275. The minimum absolute atomic E-state index is 0.189. The van der Waals surface area contributed by atoms with Crippen molar-refractivity contribution in [2.45, 2.75) is 96.0 Å². The smallest absolute Gasteiger partial charge is 0.407 e. The summed E-state index contributed by atoms with van der Waals surface area (Å²) in [6, 6.07) is 0. The van der Waals surface area contributed by atoms with Crippen LogP contribution in [0.1, 0.15) is 96.7 Å². The van der Waals surface area contributed by atoms with Crippen molar-refractivity contribution < 1.29 is 14.1 Å². The number of rotatable bonds is 6. The lowest BCUT2D eigenvalue weighted by Gasteiger charge is -2.55. The van der Waals surface area contributed by atoms with Gasteiger partial charge in [-0.15, -0.1) is 0 Å². The Bertz CT molecular complexity index is 671. The molecule has 156 valence electrons. The van der Waals surface area contributed by atoms with E-state index in [1.165, 1.54) is 38.5 Å². The van der Waals surface area contributed by atoms with Crippen LogP contribution in [0.15, 0.2) is 4.52 Å². The Morgan fingerprint density at radius 2 is 1.82 bits per heavy atom. The molecule has 1 heterocycles. The molecular weight excluding hydrogens is 354 g/mol. The van der Waals surface area contributed by atoms with Gasteiger partial charge in [0, 0.05) is 17.9 Å². The van der Waals surface area contributed by atoms with Crippen molar-refractivity contribution in [3.63, 3.8) is 0 Å². The number of alkyl carbamates (subject to hydrolysis) is 1. The molecule has 0 saturated heterocycles. The van der Waals surface area contributed by atoms with Crippen molar-refractivity contribution in [3.8, 4) is 0 Å². The molecular formula is C22H35N3O3. The molecule has 28 heavy (non-hydrogen) atoms. The van der Waals surface area contributed by atoms with E-state index in [2.05, 4.69) is 17.4 Å². The summed E-state index contributed by atoms with van der Waals surface area (Å²) in [5.74, 6) is 4.57. The van der Waals surface area contributed by atoms with Crippen LogP contribution in [-0.4, -0.2) is 28.4 Å². The lowest BCUT2D eigenvalue weighted by atomic mass is 9.49. The average Bonchev–Trinajstić information content (AvgIpc) is 3.07. The van der Waals surface area contributed by atoms with Crippen molar-refractivity contribution in [1.82, 2.24) is 15.5 Å². The second-order valence-corrected chi connectivity index (χ2v) is 10.6. The summed E-state index contributed by atoms with van der Waals surface area (Å²) in [6.45, 7) is 8.32. The first kappa shape index (κ1) is 19.7. The van der Waals surface area contributed by atoms with Gasteiger partial charge in [0.25, 0.3) is 0 Å². The van der Waals surface area contributed by atoms with Crippen molar-refractivity contribution in [2.24, 2.45) is 17.8 Å². The van der Waals surface area contributed by atoms with Crippen LogP contribution in [-0.2, 0) is 10.2 Å². The lowest BCUT2D eigenvalue weighted by molar-refractivity contribution is -0.0103. The van der Waals surface area contributed by atoms with Gasteiger partial charge in [-0.1, -0.05) is 12.1 Å². The first-order valence-corrected chi connectivity index (χ1v) is 11.0. The number of carbonyl (C=O) groups excluding carboxylic acids is 1. The van der Waals surface area contributed by atoms with Crippen molar-refractivity contribution >= 4 is 6.09 Å². The van der Waals surface area contributed by atoms with Gasteiger partial charge in [-0.05, 0) is 89.9 Å². The summed E-state index contributed by atoms with van der Waals surface area (Å²) in [5, 5.41) is 7.26. The van der Waals surface area contributed by atoms with E-state index in [1.54, 1.807) is 0 Å². The highest BCUT2D eigenvalue weighted by atomic mass is 16.6. The third-order valence-corrected chi connectivity index (χ3v) is 6.86. The van der Waals surface area contributed by atoms with Crippen LogP contribution < -0.4 is 5.32 Å². The number of carbonyl (C=O) groups is 1. The van der Waals surface area contributed by atoms with E-state index in [4.69, 9.17) is 14.2 Å². The molecule has 4 aliphatic rings. The molecule has 0 aromatic carbocycles. The average molecular weight is 390 g/mol. The number of hydrogen-bond acceptors (Lipinski definition) is 5. The number of ether oxygens (including phenoxy) is 1. The highest BCUT2D eigenvalue weighted by Crippen LogP contribution is 2.60. The fourth-order valence-electron chi connectivity index (χ4n) is 6.07. The molecule has 6 nitrogen and oxygen atoms in total. The van der Waals surface area contributed by atoms with E-state index < -0.39 is 5.60 Å². The van der Waals surface area contributed by atoms with Gasteiger partial charge in [-0.2, -0.15) is 4.98 Å². The molecule has 6 heteroatoms. The molecule has 1 atom stereocenters. The highest BCUT2D eigenvalue weighted by Gasteiger charge is 2.53. The summed E-state index contributed by atoms with van der Waals surface area (Å²) in [4.78, 5) is 16.6. The van der Waals surface area contributed by atoms with Crippen molar-refractivity contribution in [3.05, 3.63) is 11.7 Å². The van der Waals surface area contributed by atoms with E-state index in [0.717, 1.165) is 42.3 Å². The SMILES string of the molecule is C[C@@H](CCCNC(=O)OC(C)(C)C)c1nc(C23CC4CC(CC(C4)C2)C3)no1. The second kappa shape index (κ2) is 7.34. The van der Waals surface area contributed by atoms with E-state index in [0.29, 0.717) is 6.54 Å². The van der Waals surface area contributed by atoms with Gasteiger partial charge >= 0.3 is 6.09 Å². The van der Waals surface area contributed by atoms with Gasteiger partial charge in [-0.25, -0.2) is 4.79 Å². The summed E-state index contributed by atoms with van der Waals surface area (Å²) in [7, 11) is 0. The summed E-state index contributed by atoms with van der Waals surface area (Å²) >= 11 is 0. The Morgan fingerprint density at radius 3 is 2.39 bits per heavy atom. The van der Waals surface area contributed by atoms with E-state index in [1.807, 2.05) is 20.8 Å². The number of hydrogen-bond donors (Lipinski definition) is 1. The maximum absolute atomic E-state index is 11.7. The fraction of sp³-hybridized carbons (Fsp3) is 0.864. The molecule has 1 amide bonds. The number of nitrogens with one attached hydrogen (secondary N) is 1. The molecule has 0 unspecified atom stereocenters. The zero-order valence-electron chi connectivity index (χ0n) is 17.8. The fourth-order valence-corrected chi connectivity index (χ4v) is 6.07. The van der Waals surface area contributed by atoms with Crippen LogP contribution in [0, 0.1) is 17.8 Å². The van der Waals surface area contributed by atoms with Gasteiger partial charge in [0.15, 0.2) is 5.82 Å². The van der Waals surface area contributed by atoms with Gasteiger partial charge in [-0.3, -0.25) is 0 Å². The minimum atomic E-state index is -0.464. The maximum atomic E-state index is 11.7. The number of amides is 1. The van der Waals surface area contributed by atoms with E-state index in [9.17, 15) is 4.79 Å². The van der Waals surface area contributed by atoms with Crippen LogP contribution in [0.3, 0.4) is 0 Å². The maximum Gasteiger partial charge on any atom is 0.407 e. The standard InChI is InChI=1S/C22H35N3O3/c1-14(6-5-7-23-20(26)27-21(2,3)4)18-24-19(25-28-18)22-11-15-8-16(12-22)10-17(9-15)13-22/h14-17H,5-13H2,1-4H3,(H,23,26)/t14-,15?,16?,17?,22?/m0/s1. The molecule has 0 spiro atoms. The minimum Gasteiger partial charge on any atom is -0.444 e. The molecule has 1 aromatic heterocycles. The monoisotopic (exact) mass is 389 g/mol. The predicted octanol–water partition coefficient (Wildman–Crippen LogP) is 4.95. The summed E-state index contributed by atoms with van der Waals surface area (Å²) in [6.07, 6.45) is 9.43. The quantitative estimate of drug-likeness (QED) is 0.697. The lowest BCUT2D eigenvalue weighted by Crippen LogP contribution is -2.49. The van der Waals surface area contributed by atoms with Gasteiger partial charge in [0.05, 0.1) is 0 Å². The Hall–Kier alpha value is -1.59.